The molecule has 2 rings (SSSR count). The summed E-state index contributed by atoms with van der Waals surface area (Å²) in [6, 6.07) is 2.44. The van der Waals surface area contributed by atoms with Crippen molar-refractivity contribution in [2.75, 3.05) is 37.8 Å². The second-order valence-electron chi connectivity index (χ2n) is 6.11. The van der Waals surface area contributed by atoms with E-state index in [4.69, 9.17) is 0 Å². The van der Waals surface area contributed by atoms with Crippen molar-refractivity contribution in [2.24, 2.45) is 5.92 Å². The van der Waals surface area contributed by atoms with E-state index in [0.717, 1.165) is 30.8 Å². The average molecular weight is 277 g/mol. The summed E-state index contributed by atoms with van der Waals surface area (Å²) < 4.78 is 0. The quantitative estimate of drug-likeness (QED) is 0.836. The van der Waals surface area contributed by atoms with E-state index in [1.807, 2.05) is 12.3 Å². The summed E-state index contributed by atoms with van der Waals surface area (Å²) in [7, 11) is 4.14. The van der Waals surface area contributed by atoms with E-state index in [0.29, 0.717) is 6.04 Å². The summed E-state index contributed by atoms with van der Waals surface area (Å²) in [6.07, 6.45) is 6.93. The number of nitrogens with zero attached hydrogens (tertiary/aromatic N) is 3. The van der Waals surface area contributed by atoms with Crippen LogP contribution < -0.4 is 10.6 Å². The maximum absolute atomic E-state index is 4.54. The second-order valence-corrected chi connectivity index (χ2v) is 6.11. The lowest BCUT2D eigenvalue weighted by atomic mass is 9.87. The van der Waals surface area contributed by atoms with E-state index in [9.17, 15) is 0 Å². The second kappa shape index (κ2) is 7.43. The molecule has 0 aromatic carbocycles. The first-order valence-electron chi connectivity index (χ1n) is 7.61. The van der Waals surface area contributed by atoms with E-state index in [1.54, 1.807) is 0 Å². The van der Waals surface area contributed by atoms with E-state index in [2.05, 4.69) is 46.5 Å². The third kappa shape index (κ3) is 4.96. The largest absolute Gasteiger partial charge is 0.369 e. The fourth-order valence-corrected chi connectivity index (χ4v) is 2.68. The van der Waals surface area contributed by atoms with Crippen LogP contribution in [0.1, 0.15) is 32.6 Å². The summed E-state index contributed by atoms with van der Waals surface area (Å²) in [5.41, 5.74) is 0. The zero-order valence-electron chi connectivity index (χ0n) is 12.9. The van der Waals surface area contributed by atoms with Gasteiger partial charge in [0.15, 0.2) is 0 Å². The van der Waals surface area contributed by atoms with Gasteiger partial charge in [0.25, 0.3) is 0 Å². The standard InChI is InChI=1S/C15H27N5/c1-12-5-4-6-13(11-12)18-15-17-8-7-14(19-15)16-9-10-20(2)3/h7-8,12-13H,4-6,9-11H2,1-3H3,(H2,16,17,18,19). The molecular weight excluding hydrogens is 250 g/mol. The highest BCUT2D eigenvalue weighted by atomic mass is 15.2. The Kier molecular flexibility index (Phi) is 5.59. The van der Waals surface area contributed by atoms with E-state index >= 15 is 0 Å². The van der Waals surface area contributed by atoms with Crippen molar-refractivity contribution in [3.63, 3.8) is 0 Å². The molecule has 0 spiro atoms. The highest BCUT2D eigenvalue weighted by Gasteiger charge is 2.19. The molecular formula is C15H27N5. The van der Waals surface area contributed by atoms with Crippen molar-refractivity contribution in [1.82, 2.24) is 14.9 Å². The highest BCUT2D eigenvalue weighted by molar-refractivity contribution is 5.40. The van der Waals surface area contributed by atoms with E-state index in [1.165, 1.54) is 25.7 Å². The summed E-state index contributed by atoms with van der Waals surface area (Å²) in [6.45, 7) is 4.21. The molecule has 1 saturated carbocycles. The molecule has 0 radical (unpaired) electrons. The number of hydrogen-bond acceptors (Lipinski definition) is 5. The van der Waals surface area contributed by atoms with Gasteiger partial charge in [0.1, 0.15) is 5.82 Å². The molecule has 0 amide bonds. The molecule has 0 aliphatic heterocycles. The van der Waals surface area contributed by atoms with Crippen molar-refractivity contribution in [3.8, 4) is 0 Å². The highest BCUT2D eigenvalue weighted by Crippen LogP contribution is 2.25. The Morgan fingerprint density at radius 3 is 2.95 bits per heavy atom. The van der Waals surface area contributed by atoms with Crippen LogP contribution in [0.4, 0.5) is 11.8 Å². The van der Waals surface area contributed by atoms with Crippen LogP contribution in [0.25, 0.3) is 0 Å². The lowest BCUT2D eigenvalue weighted by Gasteiger charge is -2.27. The number of rotatable bonds is 6. The normalized spacial score (nSPS) is 22.8. The van der Waals surface area contributed by atoms with Crippen LogP contribution in [0.15, 0.2) is 12.3 Å². The smallest absolute Gasteiger partial charge is 0.224 e. The fourth-order valence-electron chi connectivity index (χ4n) is 2.68. The third-order valence-corrected chi connectivity index (χ3v) is 3.79. The molecule has 0 bridgehead atoms. The Bertz CT molecular complexity index is 407. The lowest BCUT2D eigenvalue weighted by Crippen LogP contribution is -2.27. The minimum Gasteiger partial charge on any atom is -0.369 e. The Balaban J connectivity index is 1.85. The fraction of sp³-hybridized carbons (Fsp3) is 0.733. The van der Waals surface area contributed by atoms with Crippen LogP contribution in [0.2, 0.25) is 0 Å². The lowest BCUT2D eigenvalue weighted by molar-refractivity contribution is 0.357. The minimum atomic E-state index is 0.524. The van der Waals surface area contributed by atoms with Crippen LogP contribution in [-0.4, -0.2) is 48.1 Å². The van der Waals surface area contributed by atoms with Crippen molar-refractivity contribution >= 4 is 11.8 Å². The Hall–Kier alpha value is -1.36. The van der Waals surface area contributed by atoms with Gasteiger partial charge < -0.3 is 15.5 Å². The molecule has 112 valence electrons. The predicted octanol–water partition coefficient (Wildman–Crippen LogP) is 2.44. The Labute approximate surface area is 122 Å². The molecule has 0 saturated heterocycles. The number of likely N-dealkylation sites (N-methyl/N-ethyl adjacent to an activating group) is 1. The molecule has 1 aliphatic carbocycles. The van der Waals surface area contributed by atoms with Gasteiger partial charge in [-0.3, -0.25) is 0 Å². The first-order valence-corrected chi connectivity index (χ1v) is 7.61. The molecule has 20 heavy (non-hydrogen) atoms. The van der Waals surface area contributed by atoms with Gasteiger partial charge >= 0.3 is 0 Å². The number of nitrogens with one attached hydrogen (secondary N) is 2. The van der Waals surface area contributed by atoms with Gasteiger partial charge in [0.2, 0.25) is 5.95 Å². The van der Waals surface area contributed by atoms with Crippen molar-refractivity contribution in [1.29, 1.82) is 0 Å². The Morgan fingerprint density at radius 1 is 1.35 bits per heavy atom. The molecule has 5 heteroatoms. The SMILES string of the molecule is CC1CCCC(Nc2nccc(NCCN(C)C)n2)C1. The molecule has 2 atom stereocenters. The maximum Gasteiger partial charge on any atom is 0.224 e. The average Bonchev–Trinajstić information content (AvgIpc) is 2.39. The van der Waals surface area contributed by atoms with Gasteiger partial charge in [-0.2, -0.15) is 4.98 Å². The number of anilines is 2. The van der Waals surface area contributed by atoms with Gasteiger partial charge in [-0.1, -0.05) is 19.8 Å². The molecule has 1 aromatic heterocycles. The van der Waals surface area contributed by atoms with Crippen LogP contribution in [0.5, 0.6) is 0 Å². The third-order valence-electron chi connectivity index (χ3n) is 3.79. The van der Waals surface area contributed by atoms with Crippen LogP contribution in [-0.2, 0) is 0 Å². The molecule has 5 nitrogen and oxygen atoms in total. The van der Waals surface area contributed by atoms with Crippen LogP contribution in [0.3, 0.4) is 0 Å². The molecule has 1 fully saturated rings. The van der Waals surface area contributed by atoms with Gasteiger partial charge in [-0.05, 0) is 38.9 Å². The molecule has 1 heterocycles. The first kappa shape index (κ1) is 15.0. The topological polar surface area (TPSA) is 53.1 Å². The van der Waals surface area contributed by atoms with Crippen LogP contribution in [0, 0.1) is 5.92 Å². The predicted molar refractivity (Wildman–Crippen MR) is 84.1 cm³/mol. The molecule has 2 N–H and O–H groups in total. The van der Waals surface area contributed by atoms with Crippen molar-refractivity contribution < 1.29 is 0 Å². The summed E-state index contributed by atoms with van der Waals surface area (Å²) >= 11 is 0. The Morgan fingerprint density at radius 2 is 2.20 bits per heavy atom. The molecule has 2 unspecified atom stereocenters. The number of hydrogen-bond donors (Lipinski definition) is 2. The van der Waals surface area contributed by atoms with Gasteiger partial charge in [-0.15, -0.1) is 0 Å². The maximum atomic E-state index is 4.54. The summed E-state index contributed by atoms with van der Waals surface area (Å²) in [5.74, 6) is 2.45. The van der Waals surface area contributed by atoms with Gasteiger partial charge in [0, 0.05) is 25.3 Å². The number of aromatic nitrogens is 2. The zero-order chi connectivity index (χ0) is 14.4. The molecule has 1 aromatic rings. The van der Waals surface area contributed by atoms with E-state index < -0.39 is 0 Å². The molecule has 1 aliphatic rings. The zero-order valence-corrected chi connectivity index (χ0v) is 12.9. The monoisotopic (exact) mass is 277 g/mol. The minimum absolute atomic E-state index is 0.524. The van der Waals surface area contributed by atoms with Crippen molar-refractivity contribution in [3.05, 3.63) is 12.3 Å². The van der Waals surface area contributed by atoms with Crippen LogP contribution >= 0.6 is 0 Å². The van der Waals surface area contributed by atoms with Gasteiger partial charge in [0.05, 0.1) is 0 Å². The van der Waals surface area contributed by atoms with E-state index in [-0.39, 0.29) is 0 Å². The summed E-state index contributed by atoms with van der Waals surface area (Å²) in [5, 5.41) is 6.81. The van der Waals surface area contributed by atoms with Crippen molar-refractivity contribution in [2.45, 2.75) is 38.6 Å². The first-order chi connectivity index (χ1) is 9.63. The summed E-state index contributed by atoms with van der Waals surface area (Å²) in [4.78, 5) is 11.0. The van der Waals surface area contributed by atoms with Gasteiger partial charge in [-0.25, -0.2) is 4.98 Å².